The SMILES string of the molecule is CC(C)O[C@@H](N=O)[C@H](C)C(C)C. The fraction of sp³-hybridized carbons (Fsp3) is 1.00. The van der Waals surface area contributed by atoms with Gasteiger partial charge in [0.15, 0.2) is 6.23 Å². The first-order valence-electron chi connectivity index (χ1n) is 4.47. The smallest absolute Gasteiger partial charge is 0.192 e. The second-order valence-corrected chi connectivity index (χ2v) is 3.78. The lowest BCUT2D eigenvalue weighted by Crippen LogP contribution is -2.26. The third-order valence-corrected chi connectivity index (χ3v) is 2.02. The van der Waals surface area contributed by atoms with E-state index in [1.807, 2.05) is 20.8 Å². The monoisotopic (exact) mass is 173 g/mol. The maximum absolute atomic E-state index is 10.4. The van der Waals surface area contributed by atoms with E-state index in [-0.39, 0.29) is 12.0 Å². The highest BCUT2D eigenvalue weighted by Crippen LogP contribution is 2.19. The Balaban J connectivity index is 4.05. The van der Waals surface area contributed by atoms with Gasteiger partial charge in [-0.3, -0.25) is 0 Å². The summed E-state index contributed by atoms with van der Waals surface area (Å²) in [5.41, 5.74) is 0. The Morgan fingerprint density at radius 2 is 1.58 bits per heavy atom. The van der Waals surface area contributed by atoms with Crippen LogP contribution in [0.25, 0.3) is 0 Å². The standard InChI is InChI=1S/C9H19NO2/c1-6(2)8(5)9(10-11)12-7(3)4/h6-9H,1-5H3/t8-,9-/m1/s1. The van der Waals surface area contributed by atoms with Crippen LogP contribution in [-0.2, 0) is 4.74 Å². The molecule has 0 aromatic carbocycles. The van der Waals surface area contributed by atoms with E-state index in [9.17, 15) is 4.91 Å². The zero-order chi connectivity index (χ0) is 9.72. The molecule has 0 heterocycles. The molecule has 0 aromatic heterocycles. The summed E-state index contributed by atoms with van der Waals surface area (Å²) in [5.74, 6) is 0.608. The number of nitrogens with zero attached hydrogens (tertiary/aromatic N) is 1. The van der Waals surface area contributed by atoms with E-state index in [1.54, 1.807) is 0 Å². The Kier molecular flexibility index (Phi) is 5.06. The van der Waals surface area contributed by atoms with Gasteiger partial charge in [-0.2, -0.15) is 0 Å². The van der Waals surface area contributed by atoms with E-state index in [1.165, 1.54) is 0 Å². The van der Waals surface area contributed by atoms with Gasteiger partial charge in [0.1, 0.15) is 0 Å². The first-order valence-corrected chi connectivity index (χ1v) is 4.47. The molecule has 0 unspecified atom stereocenters. The highest BCUT2D eigenvalue weighted by atomic mass is 16.5. The largest absolute Gasteiger partial charge is 0.350 e. The van der Waals surface area contributed by atoms with E-state index in [2.05, 4.69) is 19.0 Å². The zero-order valence-electron chi connectivity index (χ0n) is 8.57. The summed E-state index contributed by atoms with van der Waals surface area (Å²) >= 11 is 0. The van der Waals surface area contributed by atoms with E-state index >= 15 is 0 Å². The summed E-state index contributed by atoms with van der Waals surface area (Å²) in [7, 11) is 0. The molecule has 0 saturated heterocycles. The predicted octanol–water partition coefficient (Wildman–Crippen LogP) is 2.80. The molecule has 0 rings (SSSR count). The van der Waals surface area contributed by atoms with Crippen molar-refractivity contribution in [3.63, 3.8) is 0 Å². The summed E-state index contributed by atoms with van der Waals surface area (Å²) in [4.78, 5) is 10.4. The molecule has 0 N–H and O–H groups in total. The summed E-state index contributed by atoms with van der Waals surface area (Å²) in [5, 5.41) is 2.98. The van der Waals surface area contributed by atoms with E-state index in [4.69, 9.17) is 4.74 Å². The van der Waals surface area contributed by atoms with Gasteiger partial charge in [-0.05, 0) is 24.9 Å². The Bertz CT molecular complexity index is 134. The molecule has 0 aliphatic rings. The maximum atomic E-state index is 10.4. The molecule has 0 aromatic rings. The lowest BCUT2D eigenvalue weighted by atomic mass is 9.96. The van der Waals surface area contributed by atoms with Crippen molar-refractivity contribution in [2.24, 2.45) is 17.0 Å². The van der Waals surface area contributed by atoms with Gasteiger partial charge in [0, 0.05) is 5.92 Å². The lowest BCUT2D eigenvalue weighted by Gasteiger charge is -2.22. The minimum atomic E-state index is -0.495. The van der Waals surface area contributed by atoms with E-state index in [0.717, 1.165) is 0 Å². The normalized spacial score (nSPS) is 16.6. The summed E-state index contributed by atoms with van der Waals surface area (Å²) in [6, 6.07) is 0. The van der Waals surface area contributed by atoms with Crippen molar-refractivity contribution in [1.82, 2.24) is 0 Å². The highest BCUT2D eigenvalue weighted by molar-refractivity contribution is 4.67. The summed E-state index contributed by atoms with van der Waals surface area (Å²) in [6.07, 6.45) is -0.432. The molecule has 12 heavy (non-hydrogen) atoms. The Hall–Kier alpha value is -0.440. The van der Waals surface area contributed by atoms with E-state index in [0.29, 0.717) is 5.92 Å². The molecule has 0 spiro atoms. The molecule has 3 heteroatoms. The summed E-state index contributed by atoms with van der Waals surface area (Å²) < 4.78 is 5.34. The molecular weight excluding hydrogens is 154 g/mol. The highest BCUT2D eigenvalue weighted by Gasteiger charge is 2.22. The van der Waals surface area contributed by atoms with Gasteiger partial charge in [-0.15, -0.1) is 4.91 Å². The Labute approximate surface area is 74.5 Å². The fourth-order valence-corrected chi connectivity index (χ4v) is 0.853. The van der Waals surface area contributed by atoms with Crippen LogP contribution >= 0.6 is 0 Å². The van der Waals surface area contributed by atoms with Crippen molar-refractivity contribution in [1.29, 1.82) is 0 Å². The summed E-state index contributed by atoms with van der Waals surface area (Å²) in [6.45, 7) is 9.93. The van der Waals surface area contributed by atoms with Crippen molar-refractivity contribution in [3.05, 3.63) is 4.91 Å². The molecule has 0 radical (unpaired) electrons. The molecule has 0 aliphatic heterocycles. The third-order valence-electron chi connectivity index (χ3n) is 2.02. The van der Waals surface area contributed by atoms with Crippen LogP contribution in [0.15, 0.2) is 5.18 Å². The molecule has 72 valence electrons. The fourth-order valence-electron chi connectivity index (χ4n) is 0.853. The topological polar surface area (TPSA) is 38.7 Å². The van der Waals surface area contributed by atoms with E-state index < -0.39 is 6.23 Å². The van der Waals surface area contributed by atoms with Gasteiger partial charge >= 0.3 is 0 Å². The van der Waals surface area contributed by atoms with Gasteiger partial charge in [-0.25, -0.2) is 0 Å². The van der Waals surface area contributed by atoms with Gasteiger partial charge in [0.05, 0.1) is 6.10 Å². The second-order valence-electron chi connectivity index (χ2n) is 3.78. The maximum Gasteiger partial charge on any atom is 0.192 e. The van der Waals surface area contributed by atoms with Crippen molar-refractivity contribution >= 4 is 0 Å². The number of hydrogen-bond acceptors (Lipinski definition) is 3. The van der Waals surface area contributed by atoms with Crippen LogP contribution < -0.4 is 0 Å². The van der Waals surface area contributed by atoms with Crippen LogP contribution in [0, 0.1) is 16.7 Å². The predicted molar refractivity (Wildman–Crippen MR) is 49.8 cm³/mol. The van der Waals surface area contributed by atoms with Crippen LogP contribution in [0.3, 0.4) is 0 Å². The minimum Gasteiger partial charge on any atom is -0.350 e. The number of hydrogen-bond donors (Lipinski definition) is 0. The first kappa shape index (κ1) is 11.6. The first-order chi connectivity index (χ1) is 5.49. The molecular formula is C9H19NO2. The molecule has 0 saturated carbocycles. The lowest BCUT2D eigenvalue weighted by molar-refractivity contribution is -0.0283. The molecule has 2 atom stereocenters. The second kappa shape index (κ2) is 5.25. The molecule has 3 nitrogen and oxygen atoms in total. The van der Waals surface area contributed by atoms with Crippen LogP contribution in [0.4, 0.5) is 0 Å². The number of nitroso groups, excluding NO2 is 1. The van der Waals surface area contributed by atoms with Crippen LogP contribution in [0.1, 0.15) is 34.6 Å². The van der Waals surface area contributed by atoms with Crippen LogP contribution in [0.2, 0.25) is 0 Å². The van der Waals surface area contributed by atoms with Crippen molar-refractivity contribution in [2.45, 2.75) is 47.0 Å². The van der Waals surface area contributed by atoms with Crippen molar-refractivity contribution < 1.29 is 4.74 Å². The quantitative estimate of drug-likeness (QED) is 0.599. The van der Waals surface area contributed by atoms with Crippen LogP contribution in [0.5, 0.6) is 0 Å². The Morgan fingerprint density at radius 1 is 1.08 bits per heavy atom. The zero-order valence-corrected chi connectivity index (χ0v) is 8.57. The van der Waals surface area contributed by atoms with Crippen molar-refractivity contribution in [2.75, 3.05) is 0 Å². The molecule has 0 bridgehead atoms. The van der Waals surface area contributed by atoms with Gasteiger partial charge in [0.25, 0.3) is 0 Å². The molecule has 0 aliphatic carbocycles. The van der Waals surface area contributed by atoms with Crippen LogP contribution in [-0.4, -0.2) is 12.3 Å². The average molecular weight is 173 g/mol. The van der Waals surface area contributed by atoms with Gasteiger partial charge in [-0.1, -0.05) is 20.8 Å². The van der Waals surface area contributed by atoms with Crippen molar-refractivity contribution in [3.8, 4) is 0 Å². The minimum absolute atomic E-state index is 0.0638. The Morgan fingerprint density at radius 3 is 1.83 bits per heavy atom. The number of ether oxygens (including phenoxy) is 1. The van der Waals surface area contributed by atoms with Gasteiger partial charge in [0.2, 0.25) is 0 Å². The molecule has 0 amide bonds. The average Bonchev–Trinajstić information content (AvgIpc) is 1.98. The third kappa shape index (κ3) is 3.81. The van der Waals surface area contributed by atoms with Gasteiger partial charge < -0.3 is 4.74 Å². The number of rotatable bonds is 5. The molecule has 0 fully saturated rings.